The second-order valence-electron chi connectivity index (χ2n) is 4.15. The zero-order valence-electron chi connectivity index (χ0n) is 10.4. The number of nitrogen functional groups attached to an aromatic ring is 1. The maximum absolute atomic E-state index is 12.6. The van der Waals surface area contributed by atoms with E-state index in [1.807, 2.05) is 0 Å². The highest BCUT2D eigenvalue weighted by molar-refractivity contribution is 5.81. The minimum Gasteiger partial charge on any atom is -0.394 e. The zero-order valence-corrected chi connectivity index (χ0v) is 10.4. The zero-order chi connectivity index (χ0) is 14.7. The number of fused-ring (bicyclic) bond motifs is 1. The summed E-state index contributed by atoms with van der Waals surface area (Å²) in [6.45, 7) is -1.19. The first-order valence-electron chi connectivity index (χ1n) is 5.76. The second-order valence-corrected chi connectivity index (χ2v) is 4.15. The molecule has 0 aliphatic carbocycles. The molecule has 1 unspecified atom stereocenters. The number of nitrogens with two attached hydrogens (primary N) is 1. The van der Waals surface area contributed by atoms with Gasteiger partial charge in [-0.15, -0.1) is 0 Å². The van der Waals surface area contributed by atoms with Crippen molar-refractivity contribution in [2.75, 3.05) is 18.9 Å². The average molecular weight is 285 g/mol. The lowest BCUT2D eigenvalue weighted by Crippen LogP contribution is -2.15. The third-order valence-corrected chi connectivity index (χ3v) is 2.93. The van der Waals surface area contributed by atoms with E-state index in [1.165, 1.54) is 17.2 Å². The molecule has 2 aromatic rings. The Morgan fingerprint density at radius 3 is 2.65 bits per heavy atom. The molecule has 20 heavy (non-hydrogen) atoms. The summed E-state index contributed by atoms with van der Waals surface area (Å²) < 4.78 is 26.6. The van der Waals surface area contributed by atoms with Crippen LogP contribution in [0.1, 0.15) is 12.5 Å². The van der Waals surface area contributed by atoms with E-state index in [1.54, 1.807) is 0 Å². The van der Waals surface area contributed by atoms with E-state index in [4.69, 9.17) is 10.8 Å². The lowest BCUT2D eigenvalue weighted by Gasteiger charge is -2.17. The van der Waals surface area contributed by atoms with E-state index in [0.717, 1.165) is 0 Å². The van der Waals surface area contributed by atoms with E-state index in [9.17, 15) is 13.9 Å². The van der Waals surface area contributed by atoms with Gasteiger partial charge in [-0.05, 0) is 6.42 Å². The molecule has 2 heterocycles. The first kappa shape index (κ1) is 14.3. The lowest BCUT2D eigenvalue weighted by atomic mass is 10.1. The Bertz CT molecular complexity index is 639. The fraction of sp³-hybridized carbons (Fsp3) is 0.364. The van der Waals surface area contributed by atoms with Crippen molar-refractivity contribution >= 4 is 17.0 Å². The van der Waals surface area contributed by atoms with Crippen LogP contribution in [0.3, 0.4) is 0 Å². The molecule has 0 saturated heterocycles. The number of nitrogens with zero attached hydrogens (tertiary/aromatic N) is 4. The van der Waals surface area contributed by atoms with Crippen LogP contribution in [0.25, 0.3) is 11.2 Å². The molecule has 0 radical (unpaired) electrons. The minimum absolute atomic E-state index is 0.167. The third kappa shape index (κ3) is 2.58. The van der Waals surface area contributed by atoms with Gasteiger partial charge >= 0.3 is 0 Å². The highest BCUT2D eigenvalue weighted by Crippen LogP contribution is 2.25. The van der Waals surface area contributed by atoms with Gasteiger partial charge in [0.2, 0.25) is 0 Å². The summed E-state index contributed by atoms with van der Waals surface area (Å²) >= 11 is 0. The summed E-state index contributed by atoms with van der Waals surface area (Å²) in [7, 11) is 0. The topological polar surface area (TPSA) is 110 Å². The molecule has 0 aliphatic rings. The van der Waals surface area contributed by atoms with E-state index < -0.39 is 30.9 Å². The van der Waals surface area contributed by atoms with E-state index in [-0.39, 0.29) is 12.2 Å². The van der Waals surface area contributed by atoms with Crippen LogP contribution in [0.15, 0.2) is 24.3 Å². The molecule has 0 aliphatic heterocycles. The van der Waals surface area contributed by atoms with E-state index >= 15 is 0 Å². The van der Waals surface area contributed by atoms with Gasteiger partial charge in [0.25, 0.3) is 6.08 Å². The van der Waals surface area contributed by atoms with E-state index in [0.29, 0.717) is 11.2 Å². The summed E-state index contributed by atoms with van der Waals surface area (Å²) in [6.07, 6.45) is 0.402. The van der Waals surface area contributed by atoms with Crippen LogP contribution in [0.2, 0.25) is 0 Å². The standard InChI is InChI=1S/C11H13F2N5O2/c12-9(13)6(2-19)1-7(3-20)18-5-17-8-10(14)15-4-16-11(8)18/h4-5,7,19-20H,1-3H2,(H2,14,15,16). The van der Waals surface area contributed by atoms with Gasteiger partial charge in [0.05, 0.1) is 25.6 Å². The number of halogens is 2. The number of aliphatic hydroxyl groups is 2. The first-order chi connectivity index (χ1) is 9.58. The first-order valence-corrected chi connectivity index (χ1v) is 5.76. The molecule has 1 atom stereocenters. The fourth-order valence-electron chi connectivity index (χ4n) is 1.87. The molecule has 0 saturated carbocycles. The smallest absolute Gasteiger partial charge is 0.271 e. The Kier molecular flexibility index (Phi) is 4.20. The monoisotopic (exact) mass is 285 g/mol. The van der Waals surface area contributed by atoms with Crippen molar-refractivity contribution in [1.82, 2.24) is 19.5 Å². The Labute approximate surface area is 112 Å². The van der Waals surface area contributed by atoms with Gasteiger partial charge < -0.3 is 20.5 Å². The molecule has 0 amide bonds. The summed E-state index contributed by atoms with van der Waals surface area (Å²) in [5.41, 5.74) is 5.87. The molecule has 4 N–H and O–H groups in total. The summed E-state index contributed by atoms with van der Waals surface area (Å²) in [6, 6.07) is -0.724. The molecule has 7 nitrogen and oxygen atoms in total. The Morgan fingerprint density at radius 1 is 1.30 bits per heavy atom. The van der Waals surface area contributed by atoms with Crippen LogP contribution in [-0.4, -0.2) is 42.9 Å². The summed E-state index contributed by atoms with van der Waals surface area (Å²) in [4.78, 5) is 11.8. The average Bonchev–Trinajstić information content (AvgIpc) is 2.85. The van der Waals surface area contributed by atoms with Gasteiger partial charge in [-0.1, -0.05) is 0 Å². The maximum Gasteiger partial charge on any atom is 0.271 e. The maximum atomic E-state index is 12.6. The number of rotatable bonds is 5. The predicted molar refractivity (Wildman–Crippen MR) is 66.8 cm³/mol. The molecule has 0 bridgehead atoms. The summed E-state index contributed by atoms with van der Waals surface area (Å²) in [5.74, 6) is 0.167. The molecule has 2 rings (SSSR count). The Morgan fingerprint density at radius 2 is 2.05 bits per heavy atom. The second kappa shape index (κ2) is 5.88. The Balaban J connectivity index is 2.40. The summed E-state index contributed by atoms with van der Waals surface area (Å²) in [5, 5.41) is 18.3. The van der Waals surface area contributed by atoms with Gasteiger partial charge in [0.1, 0.15) is 11.8 Å². The van der Waals surface area contributed by atoms with Gasteiger partial charge in [-0.25, -0.2) is 15.0 Å². The van der Waals surface area contributed by atoms with E-state index in [2.05, 4.69) is 15.0 Å². The highest BCUT2D eigenvalue weighted by atomic mass is 19.3. The molecule has 0 aromatic carbocycles. The van der Waals surface area contributed by atoms with Gasteiger partial charge in [-0.2, -0.15) is 8.78 Å². The predicted octanol–water partition coefficient (Wildman–Crippen LogP) is 0.475. The normalized spacial score (nSPS) is 12.6. The van der Waals surface area contributed by atoms with Crippen molar-refractivity contribution in [2.24, 2.45) is 0 Å². The van der Waals surface area contributed by atoms with Crippen molar-refractivity contribution in [3.8, 4) is 0 Å². The largest absolute Gasteiger partial charge is 0.394 e. The number of hydrogen-bond donors (Lipinski definition) is 3. The SMILES string of the molecule is Nc1ncnc2c1ncn2C(CO)CC(CO)=C(F)F. The van der Waals surface area contributed by atoms with Crippen LogP contribution in [0, 0.1) is 0 Å². The van der Waals surface area contributed by atoms with Crippen LogP contribution in [-0.2, 0) is 0 Å². The molecule has 2 aromatic heterocycles. The van der Waals surface area contributed by atoms with Crippen molar-refractivity contribution < 1.29 is 19.0 Å². The van der Waals surface area contributed by atoms with Crippen LogP contribution in [0.5, 0.6) is 0 Å². The quantitative estimate of drug-likeness (QED) is 0.736. The Hall–Kier alpha value is -2.13. The number of aromatic nitrogens is 4. The van der Waals surface area contributed by atoms with Crippen molar-refractivity contribution in [3.05, 3.63) is 24.3 Å². The fourth-order valence-corrected chi connectivity index (χ4v) is 1.87. The molecule has 0 fully saturated rings. The van der Waals surface area contributed by atoms with Crippen LogP contribution < -0.4 is 5.73 Å². The third-order valence-electron chi connectivity index (χ3n) is 2.93. The van der Waals surface area contributed by atoms with Gasteiger partial charge in [-0.3, -0.25) is 0 Å². The van der Waals surface area contributed by atoms with Crippen molar-refractivity contribution in [3.63, 3.8) is 0 Å². The van der Waals surface area contributed by atoms with Crippen LogP contribution >= 0.6 is 0 Å². The number of aliphatic hydroxyl groups excluding tert-OH is 2. The van der Waals surface area contributed by atoms with Crippen molar-refractivity contribution in [2.45, 2.75) is 12.5 Å². The van der Waals surface area contributed by atoms with Gasteiger partial charge in [0.15, 0.2) is 11.5 Å². The molecule has 9 heteroatoms. The van der Waals surface area contributed by atoms with Gasteiger partial charge in [0, 0.05) is 5.57 Å². The number of hydrogen-bond acceptors (Lipinski definition) is 6. The molecular formula is C11H13F2N5O2. The van der Waals surface area contributed by atoms with Crippen molar-refractivity contribution in [1.29, 1.82) is 0 Å². The minimum atomic E-state index is -1.95. The highest BCUT2D eigenvalue weighted by Gasteiger charge is 2.19. The number of imidazole rings is 1. The lowest BCUT2D eigenvalue weighted by molar-refractivity contribution is 0.219. The number of anilines is 1. The molecule has 108 valence electrons. The van der Waals surface area contributed by atoms with Crippen LogP contribution in [0.4, 0.5) is 14.6 Å². The molecular weight excluding hydrogens is 272 g/mol. The molecule has 0 spiro atoms.